The zero-order valence-corrected chi connectivity index (χ0v) is 22.7. The van der Waals surface area contributed by atoms with E-state index in [4.69, 9.17) is 11.6 Å². The minimum atomic E-state index is -0.479. The molecule has 1 aromatic carbocycles. The van der Waals surface area contributed by atoms with Gasteiger partial charge < -0.3 is 9.47 Å². The van der Waals surface area contributed by atoms with Crippen molar-refractivity contribution in [1.29, 1.82) is 0 Å². The molecule has 1 aromatic heterocycles. The standard InChI is InChI=1S/C27H34ClFN4O2.ClH/c1-15(2)8-17-9-19(10-17)26-30-31-27(33(26)21-6-7-21)23-14-32(16(3)34)13-22(23)25(35)11-18-4-5-20(28)12-24(18)29;/h4-5,12,15,17,19,21-23H,6-11,13-14H2,1-3H3;1H/t17?,19?,22-,23-;/m0./s1. The highest BCUT2D eigenvalue weighted by molar-refractivity contribution is 6.30. The Labute approximate surface area is 223 Å². The zero-order valence-electron chi connectivity index (χ0n) is 21.1. The highest BCUT2D eigenvalue weighted by atomic mass is 35.5. The summed E-state index contributed by atoms with van der Waals surface area (Å²) >= 11 is 5.88. The molecule has 3 fully saturated rings. The van der Waals surface area contributed by atoms with Crippen molar-refractivity contribution in [3.05, 3.63) is 46.3 Å². The average Bonchev–Trinajstić information content (AvgIpc) is 3.35. The maximum atomic E-state index is 14.4. The van der Waals surface area contributed by atoms with Crippen molar-refractivity contribution in [1.82, 2.24) is 19.7 Å². The molecule has 0 N–H and O–H groups in total. The number of halogens is 3. The van der Waals surface area contributed by atoms with Crippen LogP contribution in [-0.4, -0.2) is 44.4 Å². The smallest absolute Gasteiger partial charge is 0.219 e. The molecule has 6 nitrogen and oxygen atoms in total. The first-order valence-electron chi connectivity index (χ1n) is 12.9. The molecule has 2 heterocycles. The first-order chi connectivity index (χ1) is 16.7. The van der Waals surface area contributed by atoms with Gasteiger partial charge in [-0.15, -0.1) is 22.6 Å². The Balaban J connectivity index is 0.00000304. The third kappa shape index (κ3) is 5.47. The van der Waals surface area contributed by atoms with Gasteiger partial charge in [0.15, 0.2) is 0 Å². The molecule has 1 amide bonds. The van der Waals surface area contributed by atoms with E-state index in [1.165, 1.54) is 19.4 Å². The molecule has 3 aliphatic rings. The second kappa shape index (κ2) is 10.8. The quantitative estimate of drug-likeness (QED) is 0.431. The van der Waals surface area contributed by atoms with E-state index in [-0.39, 0.29) is 36.4 Å². The Hall–Kier alpha value is -1.99. The van der Waals surface area contributed by atoms with Crippen molar-refractivity contribution >= 4 is 35.7 Å². The molecule has 0 spiro atoms. The third-order valence-corrected chi connectivity index (χ3v) is 8.19. The molecule has 0 unspecified atom stereocenters. The van der Waals surface area contributed by atoms with E-state index in [9.17, 15) is 14.0 Å². The van der Waals surface area contributed by atoms with Crippen molar-refractivity contribution in [2.24, 2.45) is 17.8 Å². The molecule has 5 rings (SSSR count). The number of likely N-dealkylation sites (tertiary alicyclic amines) is 1. The number of carbonyl (C=O) groups is 2. The summed E-state index contributed by atoms with van der Waals surface area (Å²) in [6.45, 7) is 6.85. The Bertz CT molecular complexity index is 1130. The van der Waals surface area contributed by atoms with Gasteiger partial charge >= 0.3 is 0 Å². The van der Waals surface area contributed by atoms with E-state index >= 15 is 0 Å². The van der Waals surface area contributed by atoms with Gasteiger partial charge in [0.1, 0.15) is 23.2 Å². The Morgan fingerprint density at radius 2 is 1.83 bits per heavy atom. The maximum Gasteiger partial charge on any atom is 0.219 e. The Morgan fingerprint density at radius 1 is 1.14 bits per heavy atom. The van der Waals surface area contributed by atoms with Gasteiger partial charge in [0, 0.05) is 55.3 Å². The number of amides is 1. The lowest BCUT2D eigenvalue weighted by molar-refractivity contribution is -0.128. The van der Waals surface area contributed by atoms with Crippen molar-refractivity contribution in [3.63, 3.8) is 0 Å². The van der Waals surface area contributed by atoms with Crippen LogP contribution in [0.15, 0.2) is 18.2 Å². The summed E-state index contributed by atoms with van der Waals surface area (Å²) < 4.78 is 16.7. The van der Waals surface area contributed by atoms with E-state index in [1.807, 2.05) is 0 Å². The van der Waals surface area contributed by atoms with Crippen LogP contribution >= 0.6 is 24.0 Å². The number of ketones is 1. The first kappa shape index (κ1) is 27.1. The molecule has 2 aliphatic carbocycles. The van der Waals surface area contributed by atoms with Gasteiger partial charge in [-0.05, 0) is 61.6 Å². The van der Waals surface area contributed by atoms with Crippen LogP contribution < -0.4 is 0 Å². The van der Waals surface area contributed by atoms with Crippen molar-refractivity contribution in [3.8, 4) is 0 Å². The normalized spacial score (nSPS) is 25.6. The number of aromatic nitrogens is 3. The highest BCUT2D eigenvalue weighted by Gasteiger charge is 2.45. The Kier molecular flexibility index (Phi) is 8.10. The predicted molar refractivity (Wildman–Crippen MR) is 139 cm³/mol. The lowest BCUT2D eigenvalue weighted by Crippen LogP contribution is -2.28. The summed E-state index contributed by atoms with van der Waals surface area (Å²) in [4.78, 5) is 27.4. The van der Waals surface area contributed by atoms with Crippen molar-refractivity contribution in [2.75, 3.05) is 13.1 Å². The molecule has 0 radical (unpaired) electrons. The second-order valence-corrected chi connectivity index (χ2v) is 11.6. The van der Waals surface area contributed by atoms with Gasteiger partial charge in [-0.3, -0.25) is 9.59 Å². The second-order valence-electron chi connectivity index (χ2n) is 11.2. The largest absolute Gasteiger partial charge is 0.341 e. The minimum Gasteiger partial charge on any atom is -0.341 e. The Morgan fingerprint density at radius 3 is 2.44 bits per heavy atom. The van der Waals surface area contributed by atoms with E-state index < -0.39 is 11.7 Å². The van der Waals surface area contributed by atoms with E-state index in [0.717, 1.165) is 43.3 Å². The van der Waals surface area contributed by atoms with Crippen LogP contribution in [0.5, 0.6) is 0 Å². The molecule has 36 heavy (non-hydrogen) atoms. The van der Waals surface area contributed by atoms with Gasteiger partial charge in [-0.2, -0.15) is 0 Å². The van der Waals surface area contributed by atoms with Crippen LogP contribution in [0.2, 0.25) is 5.02 Å². The molecule has 1 aliphatic heterocycles. The number of rotatable bonds is 8. The first-order valence-corrected chi connectivity index (χ1v) is 13.3. The van der Waals surface area contributed by atoms with Crippen molar-refractivity contribution in [2.45, 2.75) is 77.2 Å². The van der Waals surface area contributed by atoms with Gasteiger partial charge in [0.05, 0.1) is 0 Å². The highest BCUT2D eigenvalue weighted by Crippen LogP contribution is 2.48. The van der Waals surface area contributed by atoms with Crippen molar-refractivity contribution < 1.29 is 14.0 Å². The van der Waals surface area contributed by atoms with E-state index in [0.29, 0.717) is 41.6 Å². The van der Waals surface area contributed by atoms with E-state index in [1.54, 1.807) is 17.0 Å². The van der Waals surface area contributed by atoms with Crippen LogP contribution in [0.1, 0.15) is 88.0 Å². The zero-order chi connectivity index (χ0) is 24.9. The number of carbonyl (C=O) groups excluding carboxylic acids is 2. The van der Waals surface area contributed by atoms with E-state index in [2.05, 4.69) is 28.6 Å². The molecule has 9 heteroatoms. The minimum absolute atomic E-state index is 0. The number of Topliss-reactive ketones (excluding diaryl/α,β-unsaturated/α-hetero) is 1. The lowest BCUT2D eigenvalue weighted by Gasteiger charge is -2.36. The topological polar surface area (TPSA) is 68.1 Å². The summed E-state index contributed by atoms with van der Waals surface area (Å²) in [7, 11) is 0. The van der Waals surface area contributed by atoms with Crippen LogP contribution in [-0.2, 0) is 16.0 Å². The summed E-state index contributed by atoms with van der Waals surface area (Å²) in [5.74, 6) is 2.48. The van der Waals surface area contributed by atoms with Crippen LogP contribution in [0.25, 0.3) is 0 Å². The van der Waals surface area contributed by atoms with Gasteiger partial charge in [0.2, 0.25) is 5.91 Å². The summed E-state index contributed by atoms with van der Waals surface area (Å²) in [6, 6.07) is 4.79. The number of benzene rings is 1. The van der Waals surface area contributed by atoms with Crippen LogP contribution in [0.3, 0.4) is 0 Å². The van der Waals surface area contributed by atoms with Gasteiger partial charge in [-0.1, -0.05) is 31.5 Å². The fourth-order valence-corrected chi connectivity index (χ4v) is 6.15. The molecule has 2 saturated carbocycles. The predicted octanol–water partition coefficient (Wildman–Crippen LogP) is 5.74. The summed E-state index contributed by atoms with van der Waals surface area (Å²) in [6.07, 6.45) is 5.70. The number of hydrogen-bond acceptors (Lipinski definition) is 4. The third-order valence-electron chi connectivity index (χ3n) is 7.96. The van der Waals surface area contributed by atoms with Crippen LogP contribution in [0.4, 0.5) is 4.39 Å². The van der Waals surface area contributed by atoms with Crippen LogP contribution in [0, 0.1) is 23.6 Å². The number of nitrogens with zero attached hydrogens (tertiary/aromatic N) is 4. The van der Waals surface area contributed by atoms with Gasteiger partial charge in [0.25, 0.3) is 0 Å². The lowest BCUT2D eigenvalue weighted by atomic mass is 9.71. The maximum absolute atomic E-state index is 14.4. The molecular weight excluding hydrogens is 502 g/mol. The summed E-state index contributed by atoms with van der Waals surface area (Å²) in [5.41, 5.74) is 0.328. The molecule has 2 atom stereocenters. The molecular formula is C27H35Cl2FN4O2. The van der Waals surface area contributed by atoms with Gasteiger partial charge in [-0.25, -0.2) is 4.39 Å². The number of hydrogen-bond donors (Lipinski definition) is 0. The SMILES string of the molecule is CC(=O)N1C[C@H](C(=O)Cc2ccc(Cl)cc2F)[C@@H](c2nnc(C3CC(CC(C)C)C3)n2C2CC2)C1.Cl. The molecule has 2 aromatic rings. The molecule has 0 bridgehead atoms. The molecule has 196 valence electrons. The fourth-order valence-electron chi connectivity index (χ4n) is 5.99. The summed E-state index contributed by atoms with van der Waals surface area (Å²) in [5, 5.41) is 9.60. The molecule has 1 saturated heterocycles. The monoisotopic (exact) mass is 536 g/mol. The fraction of sp³-hybridized carbons (Fsp3) is 0.630. The average molecular weight is 538 g/mol.